The van der Waals surface area contributed by atoms with E-state index in [0.29, 0.717) is 15.8 Å². The molecular weight excluding hydrogens is 374 g/mol. The highest BCUT2D eigenvalue weighted by molar-refractivity contribution is 7.22. The zero-order valence-electron chi connectivity index (χ0n) is 14.7. The molecule has 0 saturated heterocycles. The van der Waals surface area contributed by atoms with E-state index >= 15 is 0 Å². The molecule has 1 amide bonds. The van der Waals surface area contributed by atoms with Crippen molar-refractivity contribution in [1.82, 2.24) is 4.98 Å². The zero-order chi connectivity index (χ0) is 18.1. The summed E-state index contributed by atoms with van der Waals surface area (Å²) in [6.45, 7) is 5.62. The Labute approximate surface area is 160 Å². The molecule has 0 aliphatic carbocycles. The first kappa shape index (κ1) is 18.3. The third-order valence-electron chi connectivity index (χ3n) is 3.90. The summed E-state index contributed by atoms with van der Waals surface area (Å²) in [6.07, 6.45) is 0. The van der Waals surface area contributed by atoms with Crippen molar-refractivity contribution in [2.24, 2.45) is 0 Å². The molecule has 0 unspecified atom stereocenters. The molecule has 0 spiro atoms. The van der Waals surface area contributed by atoms with E-state index in [1.165, 1.54) is 27.4 Å². The monoisotopic (exact) mass is 394 g/mol. The summed E-state index contributed by atoms with van der Waals surface area (Å²) in [5.74, 6) is -0.0356. The van der Waals surface area contributed by atoms with Gasteiger partial charge in [-0.1, -0.05) is 29.0 Å². The third kappa shape index (κ3) is 4.03. The number of thiazole rings is 1. The average Bonchev–Trinajstić information content (AvgIpc) is 3.13. The van der Waals surface area contributed by atoms with Gasteiger partial charge >= 0.3 is 0 Å². The van der Waals surface area contributed by atoms with Crippen molar-refractivity contribution in [2.75, 3.05) is 32.1 Å². The predicted molar refractivity (Wildman–Crippen MR) is 108 cm³/mol. The number of benzene rings is 1. The van der Waals surface area contributed by atoms with Crippen molar-refractivity contribution < 1.29 is 9.69 Å². The number of aromatic nitrogens is 1. The van der Waals surface area contributed by atoms with Crippen LogP contribution in [-0.4, -0.2) is 38.1 Å². The van der Waals surface area contributed by atoms with Crippen molar-refractivity contribution in [2.45, 2.75) is 13.8 Å². The lowest BCUT2D eigenvalue weighted by Gasteiger charge is -2.19. The van der Waals surface area contributed by atoms with Gasteiger partial charge in [0.25, 0.3) is 5.91 Å². The lowest BCUT2D eigenvalue weighted by Crippen LogP contribution is -3.06. The van der Waals surface area contributed by atoms with Crippen molar-refractivity contribution in [3.63, 3.8) is 0 Å². The molecule has 7 heteroatoms. The molecule has 0 saturated carbocycles. The number of aryl methyl sites for hydroxylation is 2. The Morgan fingerprint density at radius 2 is 2.00 bits per heavy atom. The number of nitrogens with zero attached hydrogens (tertiary/aromatic N) is 2. The third-order valence-corrected chi connectivity index (χ3v) is 6.35. The number of hydrogen-bond acceptors (Lipinski definition) is 4. The van der Waals surface area contributed by atoms with Crippen LogP contribution in [0.4, 0.5) is 5.13 Å². The van der Waals surface area contributed by atoms with Crippen LogP contribution in [-0.2, 0) is 0 Å². The zero-order valence-corrected chi connectivity index (χ0v) is 17.1. The number of hydrogen-bond donors (Lipinski definition) is 1. The molecule has 25 heavy (non-hydrogen) atoms. The molecule has 3 aromatic rings. The van der Waals surface area contributed by atoms with Crippen LogP contribution in [0.25, 0.3) is 10.2 Å². The van der Waals surface area contributed by atoms with Crippen LogP contribution < -0.4 is 9.80 Å². The van der Waals surface area contributed by atoms with Crippen LogP contribution in [0, 0.1) is 13.8 Å². The number of carbonyl (C=O) groups excluding carboxylic acids is 1. The van der Waals surface area contributed by atoms with E-state index in [-0.39, 0.29) is 5.91 Å². The van der Waals surface area contributed by atoms with Gasteiger partial charge in [-0.2, -0.15) is 0 Å². The van der Waals surface area contributed by atoms with E-state index in [4.69, 9.17) is 16.6 Å². The summed E-state index contributed by atoms with van der Waals surface area (Å²) in [4.78, 5) is 21.5. The van der Waals surface area contributed by atoms with Crippen LogP contribution in [0.15, 0.2) is 24.3 Å². The first-order valence-electron chi connectivity index (χ1n) is 8.09. The quantitative estimate of drug-likeness (QED) is 0.720. The fourth-order valence-corrected chi connectivity index (χ4v) is 4.69. The van der Waals surface area contributed by atoms with Crippen LogP contribution in [0.1, 0.15) is 20.8 Å². The lowest BCUT2D eigenvalue weighted by atomic mass is 10.1. The van der Waals surface area contributed by atoms with Gasteiger partial charge < -0.3 is 4.90 Å². The van der Waals surface area contributed by atoms with E-state index < -0.39 is 0 Å². The number of rotatable bonds is 5. The number of halogens is 1. The smallest absolute Gasteiger partial charge is 0.270 e. The number of anilines is 1. The molecule has 0 radical (unpaired) electrons. The molecule has 2 aromatic heterocycles. The topological polar surface area (TPSA) is 37.6 Å². The predicted octanol–water partition coefficient (Wildman–Crippen LogP) is 3.42. The van der Waals surface area contributed by atoms with Gasteiger partial charge in [0, 0.05) is 0 Å². The Balaban J connectivity index is 2.01. The first-order chi connectivity index (χ1) is 11.8. The van der Waals surface area contributed by atoms with E-state index in [1.54, 1.807) is 28.4 Å². The Kier molecular flexibility index (Phi) is 5.43. The fraction of sp³-hybridized carbons (Fsp3) is 0.333. The number of nitrogens with one attached hydrogen (secondary N) is 1. The maximum atomic E-state index is 13.0. The fourth-order valence-electron chi connectivity index (χ4n) is 2.66. The number of thiophene rings is 1. The standard InChI is InChI=1S/C18H20ClN3OS2/c1-11-9-12(2)16-13(10-11)20-18(25-16)22(8-7-21(3)4)17(23)14-5-6-15(19)24-14/h5-6,9-10H,7-8H2,1-4H3/p+1. The number of fused-ring (bicyclic) bond motifs is 1. The van der Waals surface area contributed by atoms with Gasteiger partial charge in [0.15, 0.2) is 5.13 Å². The summed E-state index contributed by atoms with van der Waals surface area (Å²) in [5, 5.41) is 0.750. The maximum absolute atomic E-state index is 13.0. The molecular formula is C18H21ClN3OS2+. The van der Waals surface area contributed by atoms with Crippen molar-refractivity contribution in [3.8, 4) is 0 Å². The Hall–Kier alpha value is -1.47. The highest BCUT2D eigenvalue weighted by Gasteiger charge is 2.23. The molecule has 1 N–H and O–H groups in total. The molecule has 1 aromatic carbocycles. The number of quaternary nitrogens is 1. The van der Waals surface area contributed by atoms with Crippen LogP contribution in [0.3, 0.4) is 0 Å². The van der Waals surface area contributed by atoms with Crippen molar-refractivity contribution in [3.05, 3.63) is 44.6 Å². The minimum atomic E-state index is -0.0356. The lowest BCUT2D eigenvalue weighted by molar-refractivity contribution is -0.856. The van der Waals surface area contributed by atoms with Gasteiger partial charge in [0.1, 0.15) is 0 Å². The highest BCUT2D eigenvalue weighted by Crippen LogP contribution is 2.33. The summed E-state index contributed by atoms with van der Waals surface area (Å²) >= 11 is 8.90. The van der Waals surface area contributed by atoms with E-state index in [0.717, 1.165) is 21.9 Å². The van der Waals surface area contributed by atoms with E-state index in [2.05, 4.69) is 40.1 Å². The minimum Gasteiger partial charge on any atom is -0.338 e. The largest absolute Gasteiger partial charge is 0.338 e. The molecule has 3 rings (SSSR count). The summed E-state index contributed by atoms with van der Waals surface area (Å²) in [7, 11) is 4.16. The summed E-state index contributed by atoms with van der Waals surface area (Å²) in [6, 6.07) is 7.78. The number of amides is 1. The van der Waals surface area contributed by atoms with Gasteiger partial charge in [-0.15, -0.1) is 11.3 Å². The van der Waals surface area contributed by atoms with Crippen LogP contribution in [0.5, 0.6) is 0 Å². The van der Waals surface area contributed by atoms with Crippen LogP contribution >= 0.6 is 34.3 Å². The normalized spacial score (nSPS) is 11.4. The van der Waals surface area contributed by atoms with Gasteiger partial charge in [-0.05, 0) is 43.2 Å². The van der Waals surface area contributed by atoms with Crippen molar-refractivity contribution in [1.29, 1.82) is 0 Å². The highest BCUT2D eigenvalue weighted by atomic mass is 35.5. The van der Waals surface area contributed by atoms with Crippen molar-refractivity contribution >= 4 is 55.5 Å². The minimum absolute atomic E-state index is 0.0356. The average molecular weight is 395 g/mol. The molecule has 0 bridgehead atoms. The van der Waals surface area contributed by atoms with Gasteiger partial charge in [-0.3, -0.25) is 9.69 Å². The molecule has 132 valence electrons. The first-order valence-corrected chi connectivity index (χ1v) is 10.1. The Morgan fingerprint density at radius 1 is 1.24 bits per heavy atom. The molecule has 2 heterocycles. The molecule has 0 fully saturated rings. The number of carbonyl (C=O) groups is 1. The van der Waals surface area contributed by atoms with Gasteiger partial charge in [-0.25, -0.2) is 4.98 Å². The summed E-state index contributed by atoms with van der Waals surface area (Å²) < 4.78 is 1.76. The molecule has 0 aliphatic heterocycles. The second-order valence-corrected chi connectivity index (χ2v) is 9.14. The SMILES string of the molecule is Cc1cc(C)c2sc(N(CC[NH+](C)C)C(=O)c3ccc(Cl)s3)nc2c1. The summed E-state index contributed by atoms with van der Waals surface area (Å²) in [5.41, 5.74) is 3.34. The molecule has 4 nitrogen and oxygen atoms in total. The van der Waals surface area contributed by atoms with E-state index in [9.17, 15) is 4.79 Å². The number of likely N-dealkylation sites (N-methyl/N-ethyl adjacent to an activating group) is 1. The molecule has 0 aliphatic rings. The van der Waals surface area contributed by atoms with E-state index in [1.807, 2.05) is 0 Å². The van der Waals surface area contributed by atoms with Gasteiger partial charge in [0.2, 0.25) is 0 Å². The second kappa shape index (κ2) is 7.41. The Bertz CT molecular complexity index is 916. The van der Waals surface area contributed by atoms with Gasteiger partial charge in [0.05, 0.1) is 46.6 Å². The maximum Gasteiger partial charge on any atom is 0.270 e. The second-order valence-electron chi connectivity index (χ2n) is 6.44. The van der Waals surface area contributed by atoms with Crippen LogP contribution in [0.2, 0.25) is 4.34 Å². The molecule has 0 atom stereocenters. The Morgan fingerprint density at radius 3 is 2.64 bits per heavy atom.